The molecule has 20 heavy (non-hydrogen) atoms. The lowest BCUT2D eigenvalue weighted by atomic mass is 10.1. The molecule has 1 saturated heterocycles. The highest BCUT2D eigenvalue weighted by Gasteiger charge is 2.33. The van der Waals surface area contributed by atoms with E-state index in [1.807, 2.05) is 29.2 Å². The molecule has 1 amide bonds. The van der Waals surface area contributed by atoms with Crippen LogP contribution in [0, 0.1) is 0 Å². The topological polar surface area (TPSA) is 32.8 Å². The van der Waals surface area contributed by atoms with Gasteiger partial charge in [-0.05, 0) is 11.6 Å². The van der Waals surface area contributed by atoms with Crippen molar-refractivity contribution in [3.63, 3.8) is 0 Å². The molecule has 0 N–H and O–H groups in total. The fourth-order valence-corrected chi connectivity index (χ4v) is 3.34. The second-order valence-corrected chi connectivity index (χ2v) is 6.07. The Labute approximate surface area is 127 Å². The minimum atomic E-state index is -0.324. The number of benzene rings is 1. The number of hydrogen-bond acceptors (Lipinski definition) is 3. The molecule has 4 nitrogen and oxygen atoms in total. The number of alkyl halides is 1. The van der Waals surface area contributed by atoms with Crippen LogP contribution in [0.25, 0.3) is 0 Å². The monoisotopic (exact) mass is 338 g/mol. The van der Waals surface area contributed by atoms with E-state index in [4.69, 9.17) is 4.74 Å². The van der Waals surface area contributed by atoms with Gasteiger partial charge in [0.2, 0.25) is 0 Å². The average Bonchev–Trinajstić information content (AvgIpc) is 2.91. The zero-order valence-corrected chi connectivity index (χ0v) is 13.0. The standard InChI is InChI=1S/C15H19BrN2O2/c16-5-6-17-7-9-18(10-8-17)15(19)14-11-12-3-1-2-4-13(12)20-14/h1-4,14H,5-11H2. The van der Waals surface area contributed by atoms with Crippen LogP contribution in [0.4, 0.5) is 0 Å². The third-order valence-electron chi connectivity index (χ3n) is 4.01. The molecule has 2 aliphatic rings. The van der Waals surface area contributed by atoms with Crippen molar-refractivity contribution in [3.05, 3.63) is 29.8 Å². The van der Waals surface area contributed by atoms with Gasteiger partial charge in [-0.1, -0.05) is 34.1 Å². The molecule has 0 aliphatic carbocycles. The molecule has 1 fully saturated rings. The third-order valence-corrected chi connectivity index (χ3v) is 4.36. The Kier molecular flexibility index (Phi) is 4.27. The largest absolute Gasteiger partial charge is 0.480 e. The van der Waals surface area contributed by atoms with Gasteiger partial charge in [-0.15, -0.1) is 0 Å². The number of ether oxygens (including phenoxy) is 1. The molecule has 3 rings (SSSR count). The minimum absolute atomic E-state index is 0.139. The highest BCUT2D eigenvalue weighted by molar-refractivity contribution is 9.09. The van der Waals surface area contributed by atoms with Gasteiger partial charge in [0, 0.05) is 44.5 Å². The molecule has 108 valence electrons. The van der Waals surface area contributed by atoms with Crippen molar-refractivity contribution in [1.82, 2.24) is 9.80 Å². The van der Waals surface area contributed by atoms with Crippen LogP contribution in [0.1, 0.15) is 5.56 Å². The van der Waals surface area contributed by atoms with Crippen molar-refractivity contribution >= 4 is 21.8 Å². The first-order valence-electron chi connectivity index (χ1n) is 7.09. The van der Waals surface area contributed by atoms with E-state index >= 15 is 0 Å². The van der Waals surface area contributed by atoms with Gasteiger partial charge in [0.15, 0.2) is 6.10 Å². The van der Waals surface area contributed by atoms with Crippen LogP contribution in [0.15, 0.2) is 24.3 Å². The number of carbonyl (C=O) groups excluding carboxylic acids is 1. The van der Waals surface area contributed by atoms with Crippen molar-refractivity contribution in [2.24, 2.45) is 0 Å². The number of carbonyl (C=O) groups is 1. The molecule has 0 aromatic heterocycles. The summed E-state index contributed by atoms with van der Waals surface area (Å²) in [4.78, 5) is 16.8. The highest BCUT2D eigenvalue weighted by Crippen LogP contribution is 2.29. The number of amides is 1. The fourth-order valence-electron chi connectivity index (χ4n) is 2.83. The number of hydrogen-bond donors (Lipinski definition) is 0. The van der Waals surface area contributed by atoms with Crippen LogP contribution in [-0.2, 0) is 11.2 Å². The van der Waals surface area contributed by atoms with Crippen molar-refractivity contribution < 1.29 is 9.53 Å². The summed E-state index contributed by atoms with van der Waals surface area (Å²) >= 11 is 3.46. The quantitative estimate of drug-likeness (QED) is 0.783. The van der Waals surface area contributed by atoms with Crippen LogP contribution in [0.3, 0.4) is 0 Å². The maximum absolute atomic E-state index is 12.5. The molecule has 2 aliphatic heterocycles. The zero-order valence-electron chi connectivity index (χ0n) is 11.4. The van der Waals surface area contributed by atoms with E-state index in [0.29, 0.717) is 6.42 Å². The van der Waals surface area contributed by atoms with Gasteiger partial charge in [0.25, 0.3) is 5.91 Å². The van der Waals surface area contributed by atoms with Crippen molar-refractivity contribution in [3.8, 4) is 5.75 Å². The summed E-state index contributed by atoms with van der Waals surface area (Å²) in [6.07, 6.45) is 0.381. The van der Waals surface area contributed by atoms with Crippen LogP contribution in [0.5, 0.6) is 5.75 Å². The van der Waals surface area contributed by atoms with Crippen LogP contribution in [0.2, 0.25) is 0 Å². The van der Waals surface area contributed by atoms with E-state index in [0.717, 1.165) is 49.4 Å². The molecule has 1 aromatic carbocycles. The Morgan fingerprint density at radius 2 is 2.00 bits per heavy atom. The SMILES string of the molecule is O=C(C1Cc2ccccc2O1)N1CCN(CCBr)CC1. The smallest absolute Gasteiger partial charge is 0.264 e. The van der Waals surface area contributed by atoms with E-state index in [2.05, 4.69) is 20.8 Å². The molecule has 0 bridgehead atoms. The maximum Gasteiger partial charge on any atom is 0.264 e. The van der Waals surface area contributed by atoms with Crippen molar-refractivity contribution in [2.75, 3.05) is 38.1 Å². The van der Waals surface area contributed by atoms with Crippen LogP contribution < -0.4 is 4.74 Å². The predicted molar refractivity (Wildman–Crippen MR) is 81.4 cm³/mol. The van der Waals surface area contributed by atoms with E-state index in [1.165, 1.54) is 0 Å². The van der Waals surface area contributed by atoms with Gasteiger partial charge >= 0.3 is 0 Å². The molecular weight excluding hydrogens is 320 g/mol. The van der Waals surface area contributed by atoms with Crippen molar-refractivity contribution in [1.29, 1.82) is 0 Å². The first-order valence-corrected chi connectivity index (χ1v) is 8.22. The summed E-state index contributed by atoms with van der Waals surface area (Å²) in [6.45, 7) is 4.57. The van der Waals surface area contributed by atoms with Gasteiger partial charge in [0.1, 0.15) is 5.75 Å². The molecule has 1 aromatic rings. The Morgan fingerprint density at radius 1 is 1.25 bits per heavy atom. The number of fused-ring (bicyclic) bond motifs is 1. The summed E-state index contributed by atoms with van der Waals surface area (Å²) in [5.74, 6) is 1.00. The lowest BCUT2D eigenvalue weighted by Crippen LogP contribution is -2.52. The normalized spacial score (nSPS) is 22.4. The molecule has 0 spiro atoms. The van der Waals surface area contributed by atoms with E-state index in [9.17, 15) is 4.79 Å². The lowest BCUT2D eigenvalue weighted by molar-refractivity contribution is -0.139. The number of para-hydroxylation sites is 1. The molecule has 0 radical (unpaired) electrons. The Morgan fingerprint density at radius 3 is 2.70 bits per heavy atom. The van der Waals surface area contributed by atoms with Crippen LogP contribution >= 0.6 is 15.9 Å². The molecule has 0 saturated carbocycles. The first kappa shape index (κ1) is 13.9. The molecule has 5 heteroatoms. The average molecular weight is 339 g/mol. The summed E-state index contributed by atoms with van der Waals surface area (Å²) in [5, 5.41) is 0.988. The second kappa shape index (κ2) is 6.14. The number of halogens is 1. The molecule has 1 atom stereocenters. The molecule has 1 unspecified atom stereocenters. The van der Waals surface area contributed by atoms with Crippen molar-refractivity contribution in [2.45, 2.75) is 12.5 Å². The van der Waals surface area contributed by atoms with E-state index in [1.54, 1.807) is 0 Å². The summed E-state index contributed by atoms with van der Waals surface area (Å²) in [6, 6.07) is 7.92. The van der Waals surface area contributed by atoms with Gasteiger partial charge in [-0.2, -0.15) is 0 Å². The highest BCUT2D eigenvalue weighted by atomic mass is 79.9. The second-order valence-electron chi connectivity index (χ2n) is 5.27. The summed E-state index contributed by atoms with van der Waals surface area (Å²) in [5.41, 5.74) is 1.14. The summed E-state index contributed by atoms with van der Waals surface area (Å²) in [7, 11) is 0. The van der Waals surface area contributed by atoms with Gasteiger partial charge in [-0.3, -0.25) is 9.69 Å². The number of rotatable bonds is 3. The van der Waals surface area contributed by atoms with E-state index in [-0.39, 0.29) is 12.0 Å². The summed E-state index contributed by atoms with van der Waals surface area (Å²) < 4.78 is 5.78. The van der Waals surface area contributed by atoms with E-state index < -0.39 is 0 Å². The molecular formula is C15H19BrN2O2. The van der Waals surface area contributed by atoms with Gasteiger partial charge < -0.3 is 9.64 Å². The first-order chi connectivity index (χ1) is 9.78. The fraction of sp³-hybridized carbons (Fsp3) is 0.533. The third kappa shape index (κ3) is 2.83. The minimum Gasteiger partial charge on any atom is -0.480 e. The molecule has 2 heterocycles. The van der Waals surface area contributed by atoms with Gasteiger partial charge in [-0.25, -0.2) is 0 Å². The number of nitrogens with zero attached hydrogens (tertiary/aromatic N) is 2. The Hall–Kier alpha value is -1.07. The Bertz CT molecular complexity index is 462. The predicted octanol–water partition coefficient (Wildman–Crippen LogP) is 1.53. The maximum atomic E-state index is 12.5. The zero-order chi connectivity index (χ0) is 13.9. The Balaban J connectivity index is 1.56. The number of piperazine rings is 1. The van der Waals surface area contributed by atoms with Crippen LogP contribution in [-0.4, -0.2) is 59.9 Å². The van der Waals surface area contributed by atoms with Gasteiger partial charge in [0.05, 0.1) is 0 Å². The lowest BCUT2D eigenvalue weighted by Gasteiger charge is -2.35.